The van der Waals surface area contributed by atoms with Gasteiger partial charge in [0.2, 0.25) is 5.78 Å². The summed E-state index contributed by atoms with van der Waals surface area (Å²) in [5.41, 5.74) is 2.17. The molecule has 4 rings (SSSR count). The normalized spacial score (nSPS) is 11.8. The van der Waals surface area contributed by atoms with Crippen molar-refractivity contribution in [3.8, 4) is 0 Å². The largest absolute Gasteiger partial charge is 0.449 e. The molecule has 1 unspecified atom stereocenters. The predicted molar refractivity (Wildman–Crippen MR) is 127 cm³/mol. The van der Waals surface area contributed by atoms with Crippen molar-refractivity contribution < 1.29 is 14.3 Å². The van der Waals surface area contributed by atoms with Crippen LogP contribution in [0.1, 0.15) is 45.8 Å². The molecular formula is C27H24N2O4. The highest BCUT2D eigenvalue weighted by molar-refractivity contribution is 6.05. The summed E-state index contributed by atoms with van der Waals surface area (Å²) in [5, 5.41) is 5.08. The molecule has 33 heavy (non-hydrogen) atoms. The molecule has 1 atom stereocenters. The number of ketones is 1. The monoisotopic (exact) mass is 440 g/mol. The molecule has 0 amide bonds. The molecule has 0 bridgehead atoms. The van der Waals surface area contributed by atoms with Crippen LogP contribution >= 0.6 is 0 Å². The molecule has 4 aromatic rings. The minimum Gasteiger partial charge on any atom is -0.449 e. The van der Waals surface area contributed by atoms with Gasteiger partial charge in [0.05, 0.1) is 11.9 Å². The lowest BCUT2D eigenvalue weighted by Gasteiger charge is -2.14. The van der Waals surface area contributed by atoms with Gasteiger partial charge in [0.1, 0.15) is 0 Å². The number of aromatic nitrogens is 2. The van der Waals surface area contributed by atoms with Crippen molar-refractivity contribution in [2.75, 3.05) is 0 Å². The Kier molecular flexibility index (Phi) is 6.45. The minimum atomic E-state index is -1.000. The van der Waals surface area contributed by atoms with Gasteiger partial charge in [-0.3, -0.25) is 9.59 Å². The van der Waals surface area contributed by atoms with Gasteiger partial charge in [-0.15, -0.1) is 0 Å². The average molecular weight is 440 g/mol. The van der Waals surface area contributed by atoms with Crippen LogP contribution in [0.5, 0.6) is 0 Å². The number of Topliss-reactive ketones (excluding diaryl/α,β-unsaturated/α-hetero) is 1. The predicted octanol–water partition coefficient (Wildman–Crippen LogP) is 4.44. The number of carbonyl (C=O) groups is 2. The minimum absolute atomic E-state index is 0.00196. The Morgan fingerprint density at radius 3 is 2.18 bits per heavy atom. The molecule has 0 aliphatic rings. The topological polar surface area (TPSA) is 78.3 Å². The van der Waals surface area contributed by atoms with E-state index in [9.17, 15) is 14.4 Å². The van der Waals surface area contributed by atoms with Gasteiger partial charge >= 0.3 is 5.97 Å². The highest BCUT2D eigenvalue weighted by Gasteiger charge is 2.24. The quantitative estimate of drug-likeness (QED) is 0.314. The first-order chi connectivity index (χ1) is 16.0. The van der Waals surface area contributed by atoms with E-state index in [4.69, 9.17) is 4.74 Å². The molecule has 0 spiro atoms. The summed E-state index contributed by atoms with van der Waals surface area (Å²) in [6.07, 6.45) is -0.128. The molecule has 0 radical (unpaired) electrons. The van der Waals surface area contributed by atoms with E-state index in [-0.39, 0.29) is 23.6 Å². The Bertz CT molecular complexity index is 1360. The standard InChI is InChI=1S/C27H24N2O4/c1-3-19-13-15-21(16-14-19)25(30)18(2)33-27(32)24-22-11-7-8-12-23(22)26(31)29(28-24)17-20-9-5-4-6-10-20/h4-16,18H,3,17H2,1-2H3. The van der Waals surface area contributed by atoms with Crippen LogP contribution in [0.4, 0.5) is 0 Å². The third kappa shape index (κ3) is 4.75. The van der Waals surface area contributed by atoms with Gasteiger partial charge in [-0.05, 0) is 30.5 Å². The number of rotatable bonds is 7. The van der Waals surface area contributed by atoms with Crippen LogP contribution in [0.2, 0.25) is 0 Å². The first-order valence-corrected chi connectivity index (χ1v) is 10.9. The smallest absolute Gasteiger partial charge is 0.360 e. The van der Waals surface area contributed by atoms with Crippen LogP contribution < -0.4 is 5.56 Å². The number of nitrogens with zero attached hydrogens (tertiary/aromatic N) is 2. The molecular weight excluding hydrogens is 416 g/mol. The Labute approximate surface area is 191 Å². The van der Waals surface area contributed by atoms with Crippen LogP contribution in [0, 0.1) is 0 Å². The lowest BCUT2D eigenvalue weighted by Crippen LogP contribution is -2.29. The van der Waals surface area contributed by atoms with Crippen molar-refractivity contribution in [2.45, 2.75) is 32.9 Å². The summed E-state index contributed by atoms with van der Waals surface area (Å²) in [5.74, 6) is -1.05. The van der Waals surface area contributed by atoms with E-state index in [1.54, 1.807) is 36.4 Å². The van der Waals surface area contributed by atoms with Crippen LogP contribution in [-0.2, 0) is 17.7 Å². The number of benzene rings is 3. The Morgan fingerprint density at radius 2 is 1.52 bits per heavy atom. The molecule has 1 heterocycles. The molecule has 0 aliphatic heterocycles. The van der Waals surface area contributed by atoms with Gasteiger partial charge in [-0.1, -0.05) is 79.7 Å². The third-order valence-corrected chi connectivity index (χ3v) is 5.54. The fourth-order valence-electron chi connectivity index (χ4n) is 3.66. The number of aryl methyl sites for hydroxylation is 1. The number of carbonyl (C=O) groups excluding carboxylic acids is 2. The summed E-state index contributed by atoms with van der Waals surface area (Å²) in [6.45, 7) is 3.79. The molecule has 0 aliphatic carbocycles. The van der Waals surface area contributed by atoms with Crippen molar-refractivity contribution in [1.82, 2.24) is 9.78 Å². The van der Waals surface area contributed by atoms with Crippen molar-refractivity contribution in [1.29, 1.82) is 0 Å². The number of hydrogen-bond acceptors (Lipinski definition) is 5. The Hall–Kier alpha value is -4.06. The molecule has 0 saturated heterocycles. The summed E-state index contributed by atoms with van der Waals surface area (Å²) >= 11 is 0. The SMILES string of the molecule is CCc1ccc(C(=O)C(C)OC(=O)c2nn(Cc3ccccc3)c(=O)c3ccccc23)cc1. The molecule has 6 heteroatoms. The van der Waals surface area contributed by atoms with E-state index in [0.717, 1.165) is 17.5 Å². The lowest BCUT2D eigenvalue weighted by atomic mass is 10.0. The van der Waals surface area contributed by atoms with E-state index < -0.39 is 12.1 Å². The van der Waals surface area contributed by atoms with E-state index in [1.165, 1.54) is 11.6 Å². The zero-order valence-corrected chi connectivity index (χ0v) is 18.5. The summed E-state index contributed by atoms with van der Waals surface area (Å²) in [7, 11) is 0. The summed E-state index contributed by atoms with van der Waals surface area (Å²) in [6, 6.07) is 23.4. The lowest BCUT2D eigenvalue weighted by molar-refractivity contribution is 0.0313. The summed E-state index contributed by atoms with van der Waals surface area (Å²) in [4.78, 5) is 38.8. The van der Waals surface area contributed by atoms with Gasteiger partial charge < -0.3 is 4.74 Å². The number of esters is 1. The molecule has 1 aromatic heterocycles. The third-order valence-electron chi connectivity index (χ3n) is 5.54. The number of hydrogen-bond donors (Lipinski definition) is 0. The molecule has 0 fully saturated rings. The van der Waals surface area contributed by atoms with Gasteiger partial charge in [0, 0.05) is 10.9 Å². The van der Waals surface area contributed by atoms with Gasteiger partial charge in [0.15, 0.2) is 11.8 Å². The molecule has 166 valence electrons. The number of ether oxygens (including phenoxy) is 1. The van der Waals surface area contributed by atoms with Crippen molar-refractivity contribution in [2.24, 2.45) is 0 Å². The second-order valence-corrected chi connectivity index (χ2v) is 7.80. The van der Waals surface area contributed by atoms with Crippen molar-refractivity contribution in [3.63, 3.8) is 0 Å². The van der Waals surface area contributed by atoms with Crippen LogP contribution in [0.15, 0.2) is 83.7 Å². The Morgan fingerprint density at radius 1 is 0.879 bits per heavy atom. The zero-order valence-electron chi connectivity index (χ0n) is 18.5. The fraction of sp³-hybridized carbons (Fsp3) is 0.185. The maximum Gasteiger partial charge on any atom is 0.360 e. The van der Waals surface area contributed by atoms with Gasteiger partial charge in [-0.2, -0.15) is 5.10 Å². The highest BCUT2D eigenvalue weighted by atomic mass is 16.5. The fourth-order valence-corrected chi connectivity index (χ4v) is 3.66. The zero-order chi connectivity index (χ0) is 23.4. The first kappa shape index (κ1) is 22.1. The van der Waals surface area contributed by atoms with Gasteiger partial charge in [-0.25, -0.2) is 9.48 Å². The van der Waals surface area contributed by atoms with Crippen LogP contribution in [0.25, 0.3) is 10.8 Å². The maximum atomic E-state index is 13.1. The first-order valence-electron chi connectivity index (χ1n) is 10.9. The number of fused-ring (bicyclic) bond motifs is 1. The summed E-state index contributed by atoms with van der Waals surface area (Å²) < 4.78 is 6.75. The molecule has 3 aromatic carbocycles. The van der Waals surface area contributed by atoms with Gasteiger partial charge in [0.25, 0.3) is 5.56 Å². The second kappa shape index (κ2) is 9.61. The van der Waals surface area contributed by atoms with E-state index in [1.807, 2.05) is 49.4 Å². The molecule has 0 N–H and O–H groups in total. The Balaban J connectivity index is 1.64. The molecule has 0 saturated carbocycles. The highest BCUT2D eigenvalue weighted by Crippen LogP contribution is 2.17. The van der Waals surface area contributed by atoms with Crippen LogP contribution in [-0.4, -0.2) is 27.6 Å². The van der Waals surface area contributed by atoms with Crippen molar-refractivity contribution in [3.05, 3.63) is 112 Å². The van der Waals surface area contributed by atoms with E-state index in [2.05, 4.69) is 5.10 Å². The van der Waals surface area contributed by atoms with E-state index in [0.29, 0.717) is 16.3 Å². The maximum absolute atomic E-state index is 13.1. The average Bonchev–Trinajstić information content (AvgIpc) is 2.86. The van der Waals surface area contributed by atoms with Crippen LogP contribution in [0.3, 0.4) is 0 Å². The second-order valence-electron chi connectivity index (χ2n) is 7.80. The van der Waals surface area contributed by atoms with Crippen molar-refractivity contribution >= 4 is 22.5 Å². The van der Waals surface area contributed by atoms with E-state index >= 15 is 0 Å². The molecule has 6 nitrogen and oxygen atoms in total.